The summed E-state index contributed by atoms with van der Waals surface area (Å²) in [4.78, 5) is 15.7. The van der Waals surface area contributed by atoms with Gasteiger partial charge in [0.1, 0.15) is 17.2 Å². The molecule has 0 N–H and O–H groups in total. The number of unbranched alkanes of at least 4 members (excludes halogenated alkanes) is 2. The summed E-state index contributed by atoms with van der Waals surface area (Å²) in [5.41, 5.74) is -0.420. The van der Waals surface area contributed by atoms with Gasteiger partial charge in [-0.15, -0.1) is 0 Å². The SMILES string of the molecule is COC(=O)C(C)(C)CCCCCOc1ccc(OCCCOc2cccnc2)cc1. The third kappa shape index (κ3) is 8.72. The number of hydrogen-bond acceptors (Lipinski definition) is 6. The van der Waals surface area contributed by atoms with Gasteiger partial charge >= 0.3 is 5.97 Å². The number of rotatable bonds is 14. The zero-order chi connectivity index (χ0) is 21.7. The Balaban J connectivity index is 1.53. The summed E-state index contributed by atoms with van der Waals surface area (Å²) in [6.45, 7) is 5.68. The van der Waals surface area contributed by atoms with Crippen molar-refractivity contribution in [2.45, 2.75) is 46.0 Å². The first kappa shape index (κ1) is 23.5. The first-order chi connectivity index (χ1) is 14.5. The lowest BCUT2D eigenvalue weighted by Crippen LogP contribution is -2.25. The van der Waals surface area contributed by atoms with Gasteiger partial charge < -0.3 is 18.9 Å². The Labute approximate surface area is 179 Å². The van der Waals surface area contributed by atoms with Crippen molar-refractivity contribution < 1.29 is 23.7 Å². The molecule has 0 aliphatic heterocycles. The number of carbonyl (C=O) groups is 1. The summed E-state index contributed by atoms with van der Waals surface area (Å²) >= 11 is 0. The molecule has 0 bridgehead atoms. The highest BCUT2D eigenvalue weighted by atomic mass is 16.5. The van der Waals surface area contributed by atoms with Crippen LogP contribution in [0.25, 0.3) is 0 Å². The summed E-state index contributed by atoms with van der Waals surface area (Å²) in [7, 11) is 1.44. The van der Waals surface area contributed by atoms with Crippen LogP contribution in [-0.2, 0) is 9.53 Å². The molecule has 0 fully saturated rings. The molecule has 1 aromatic heterocycles. The number of carbonyl (C=O) groups excluding carboxylic acids is 1. The fourth-order valence-electron chi connectivity index (χ4n) is 2.92. The average Bonchev–Trinajstić information content (AvgIpc) is 2.77. The summed E-state index contributed by atoms with van der Waals surface area (Å²) in [6.07, 6.45) is 7.97. The van der Waals surface area contributed by atoms with Crippen molar-refractivity contribution in [2.24, 2.45) is 5.41 Å². The van der Waals surface area contributed by atoms with Crippen molar-refractivity contribution in [2.75, 3.05) is 26.9 Å². The van der Waals surface area contributed by atoms with Gasteiger partial charge in [0.05, 0.1) is 38.5 Å². The predicted molar refractivity (Wildman–Crippen MR) is 116 cm³/mol. The number of esters is 1. The van der Waals surface area contributed by atoms with Gasteiger partial charge in [0, 0.05) is 12.6 Å². The zero-order valence-electron chi connectivity index (χ0n) is 18.3. The van der Waals surface area contributed by atoms with Gasteiger partial charge in [-0.3, -0.25) is 9.78 Å². The first-order valence-corrected chi connectivity index (χ1v) is 10.5. The number of benzene rings is 1. The number of pyridine rings is 1. The van der Waals surface area contributed by atoms with Crippen LogP contribution in [0.5, 0.6) is 17.2 Å². The molecule has 0 saturated heterocycles. The predicted octanol–water partition coefficient (Wildman–Crippen LogP) is 5.07. The highest BCUT2D eigenvalue weighted by molar-refractivity contribution is 5.75. The maximum Gasteiger partial charge on any atom is 0.311 e. The Kier molecular flexibility index (Phi) is 9.98. The maximum atomic E-state index is 11.7. The Morgan fingerprint density at radius 3 is 2.00 bits per heavy atom. The van der Waals surface area contributed by atoms with Gasteiger partial charge in [-0.25, -0.2) is 0 Å². The van der Waals surface area contributed by atoms with Crippen molar-refractivity contribution in [1.82, 2.24) is 4.98 Å². The molecule has 6 nitrogen and oxygen atoms in total. The largest absolute Gasteiger partial charge is 0.494 e. The van der Waals surface area contributed by atoms with Gasteiger partial charge in [-0.1, -0.05) is 12.8 Å². The molecule has 0 spiro atoms. The van der Waals surface area contributed by atoms with Crippen molar-refractivity contribution in [3.63, 3.8) is 0 Å². The molecule has 0 saturated carbocycles. The molecule has 30 heavy (non-hydrogen) atoms. The molecule has 0 radical (unpaired) electrons. The molecule has 0 atom stereocenters. The van der Waals surface area contributed by atoms with E-state index in [-0.39, 0.29) is 5.97 Å². The van der Waals surface area contributed by atoms with E-state index in [1.807, 2.05) is 50.2 Å². The van der Waals surface area contributed by atoms with Gasteiger partial charge in [0.2, 0.25) is 0 Å². The minimum atomic E-state index is -0.420. The lowest BCUT2D eigenvalue weighted by Gasteiger charge is -2.21. The molecule has 0 aliphatic carbocycles. The highest BCUT2D eigenvalue weighted by Crippen LogP contribution is 2.25. The molecule has 1 heterocycles. The monoisotopic (exact) mass is 415 g/mol. The Bertz CT molecular complexity index is 731. The molecule has 1 aromatic carbocycles. The maximum absolute atomic E-state index is 11.7. The molecule has 2 rings (SSSR count). The quantitative estimate of drug-likeness (QED) is 0.317. The van der Waals surface area contributed by atoms with Crippen molar-refractivity contribution >= 4 is 5.97 Å². The van der Waals surface area contributed by atoms with Crippen molar-refractivity contribution in [3.05, 3.63) is 48.8 Å². The van der Waals surface area contributed by atoms with Gasteiger partial charge in [-0.05, 0) is 63.1 Å². The average molecular weight is 416 g/mol. The smallest absolute Gasteiger partial charge is 0.311 e. The molecule has 6 heteroatoms. The van der Waals surface area contributed by atoms with Gasteiger partial charge in [0.25, 0.3) is 0 Å². The lowest BCUT2D eigenvalue weighted by atomic mass is 9.87. The summed E-state index contributed by atoms with van der Waals surface area (Å²) in [5, 5.41) is 0. The minimum Gasteiger partial charge on any atom is -0.494 e. The Morgan fingerprint density at radius 2 is 1.43 bits per heavy atom. The Morgan fingerprint density at radius 1 is 0.833 bits per heavy atom. The molecule has 2 aromatic rings. The topological polar surface area (TPSA) is 66.9 Å². The van der Waals surface area contributed by atoms with Crippen LogP contribution < -0.4 is 14.2 Å². The summed E-state index contributed by atoms with van der Waals surface area (Å²) in [6, 6.07) is 11.4. The second-order valence-corrected chi connectivity index (χ2v) is 7.75. The van der Waals surface area contributed by atoms with Crippen LogP contribution in [0, 0.1) is 5.41 Å². The van der Waals surface area contributed by atoms with E-state index in [1.165, 1.54) is 7.11 Å². The molecular weight excluding hydrogens is 382 g/mol. The zero-order valence-corrected chi connectivity index (χ0v) is 18.3. The molecule has 0 unspecified atom stereocenters. The van der Waals surface area contributed by atoms with Crippen LogP contribution in [0.3, 0.4) is 0 Å². The van der Waals surface area contributed by atoms with Crippen LogP contribution in [0.2, 0.25) is 0 Å². The molecule has 164 valence electrons. The third-order valence-electron chi connectivity index (χ3n) is 4.74. The summed E-state index contributed by atoms with van der Waals surface area (Å²) in [5.74, 6) is 2.26. The van der Waals surface area contributed by atoms with Crippen molar-refractivity contribution in [3.8, 4) is 17.2 Å². The highest BCUT2D eigenvalue weighted by Gasteiger charge is 2.27. The second-order valence-electron chi connectivity index (χ2n) is 7.75. The molecular formula is C24H33NO5. The van der Waals surface area contributed by atoms with E-state index in [2.05, 4.69) is 4.98 Å². The van der Waals surface area contributed by atoms with Crippen LogP contribution in [0.4, 0.5) is 0 Å². The number of ether oxygens (including phenoxy) is 4. The number of hydrogen-bond donors (Lipinski definition) is 0. The molecule has 0 amide bonds. The van der Waals surface area contributed by atoms with E-state index >= 15 is 0 Å². The van der Waals surface area contributed by atoms with Gasteiger partial charge in [0.15, 0.2) is 0 Å². The van der Waals surface area contributed by atoms with Gasteiger partial charge in [-0.2, -0.15) is 0 Å². The van der Waals surface area contributed by atoms with E-state index in [9.17, 15) is 4.79 Å². The molecule has 0 aliphatic rings. The fraction of sp³-hybridized carbons (Fsp3) is 0.500. The van der Waals surface area contributed by atoms with Crippen LogP contribution in [0.1, 0.15) is 46.0 Å². The van der Waals surface area contributed by atoms with Crippen LogP contribution >= 0.6 is 0 Å². The van der Waals surface area contributed by atoms with E-state index in [4.69, 9.17) is 18.9 Å². The van der Waals surface area contributed by atoms with E-state index < -0.39 is 5.41 Å². The number of nitrogens with zero attached hydrogens (tertiary/aromatic N) is 1. The summed E-state index contributed by atoms with van der Waals surface area (Å²) < 4.78 is 21.9. The number of aromatic nitrogens is 1. The van der Waals surface area contributed by atoms with E-state index in [0.29, 0.717) is 19.8 Å². The van der Waals surface area contributed by atoms with Crippen LogP contribution in [-0.4, -0.2) is 37.9 Å². The van der Waals surface area contributed by atoms with Crippen molar-refractivity contribution in [1.29, 1.82) is 0 Å². The minimum absolute atomic E-state index is 0.151. The second kappa shape index (κ2) is 12.7. The normalized spacial score (nSPS) is 11.0. The number of methoxy groups -OCH3 is 1. The standard InChI is InChI=1S/C24H33NO5/c1-24(2,23(26)27-3)14-5-4-6-16-28-20-10-12-21(13-11-20)29-17-8-18-30-22-9-7-15-25-19-22/h7,9-13,15,19H,4-6,8,14,16-18H2,1-3H3. The fourth-order valence-corrected chi connectivity index (χ4v) is 2.92. The first-order valence-electron chi connectivity index (χ1n) is 10.5. The third-order valence-corrected chi connectivity index (χ3v) is 4.74. The Hall–Kier alpha value is -2.76. The van der Waals surface area contributed by atoms with E-state index in [0.717, 1.165) is 49.4 Å². The van der Waals surface area contributed by atoms with Crippen LogP contribution in [0.15, 0.2) is 48.8 Å². The lowest BCUT2D eigenvalue weighted by molar-refractivity contribution is -0.151. The van der Waals surface area contributed by atoms with E-state index in [1.54, 1.807) is 12.4 Å².